The Bertz CT molecular complexity index is 689. The van der Waals surface area contributed by atoms with Crippen LogP contribution in [0.15, 0.2) is 42.5 Å². The van der Waals surface area contributed by atoms with Gasteiger partial charge in [0.2, 0.25) is 0 Å². The van der Waals surface area contributed by atoms with Gasteiger partial charge in [0, 0.05) is 6.04 Å². The molecule has 0 saturated heterocycles. The van der Waals surface area contributed by atoms with Crippen molar-refractivity contribution in [3.8, 4) is 0 Å². The van der Waals surface area contributed by atoms with Crippen molar-refractivity contribution in [2.75, 3.05) is 5.32 Å². The molecular formula is C14H15N5. The topological polar surface area (TPSA) is 55.1 Å². The first kappa shape index (κ1) is 11.6. The molecule has 0 saturated carbocycles. The Hall–Kier alpha value is -2.43. The molecule has 2 heterocycles. The lowest BCUT2D eigenvalue weighted by Crippen LogP contribution is -2.09. The second-order valence-corrected chi connectivity index (χ2v) is 4.51. The van der Waals surface area contributed by atoms with Crippen LogP contribution in [0.5, 0.6) is 0 Å². The highest BCUT2D eigenvalue weighted by Crippen LogP contribution is 2.17. The van der Waals surface area contributed by atoms with Crippen molar-refractivity contribution in [3.63, 3.8) is 0 Å². The van der Waals surface area contributed by atoms with Gasteiger partial charge in [-0.2, -0.15) is 4.52 Å². The fourth-order valence-electron chi connectivity index (χ4n) is 2.02. The van der Waals surface area contributed by atoms with E-state index in [0.29, 0.717) is 0 Å². The minimum absolute atomic E-state index is 0.197. The molecule has 1 N–H and O–H groups in total. The Morgan fingerprint density at radius 2 is 1.84 bits per heavy atom. The van der Waals surface area contributed by atoms with E-state index in [4.69, 9.17) is 0 Å². The second kappa shape index (κ2) is 4.68. The van der Waals surface area contributed by atoms with Crippen LogP contribution < -0.4 is 5.32 Å². The summed E-state index contributed by atoms with van der Waals surface area (Å²) in [5.74, 6) is 1.60. The van der Waals surface area contributed by atoms with Crippen molar-refractivity contribution in [2.45, 2.75) is 19.9 Å². The van der Waals surface area contributed by atoms with Crippen LogP contribution in [-0.2, 0) is 0 Å². The molecule has 0 fully saturated rings. The third-order valence-corrected chi connectivity index (χ3v) is 3.08. The third-order valence-electron chi connectivity index (χ3n) is 3.08. The van der Waals surface area contributed by atoms with Gasteiger partial charge in [0.15, 0.2) is 11.5 Å². The van der Waals surface area contributed by atoms with Gasteiger partial charge in [0.25, 0.3) is 0 Å². The Morgan fingerprint density at radius 1 is 1.05 bits per heavy atom. The molecule has 19 heavy (non-hydrogen) atoms. The van der Waals surface area contributed by atoms with Gasteiger partial charge in [-0.25, -0.2) is 0 Å². The summed E-state index contributed by atoms with van der Waals surface area (Å²) in [7, 11) is 0. The van der Waals surface area contributed by atoms with Gasteiger partial charge in [0.05, 0.1) is 0 Å². The predicted octanol–water partition coefficient (Wildman–Crippen LogP) is 2.61. The minimum Gasteiger partial charge on any atom is -0.362 e. The van der Waals surface area contributed by atoms with Crippen LogP contribution in [0.4, 0.5) is 5.82 Å². The average molecular weight is 253 g/mol. The van der Waals surface area contributed by atoms with Gasteiger partial charge < -0.3 is 5.32 Å². The summed E-state index contributed by atoms with van der Waals surface area (Å²) in [6.45, 7) is 4.00. The summed E-state index contributed by atoms with van der Waals surface area (Å²) in [6, 6.07) is 14.3. The smallest absolute Gasteiger partial charge is 0.178 e. The molecule has 0 bridgehead atoms. The molecule has 96 valence electrons. The zero-order valence-corrected chi connectivity index (χ0v) is 10.9. The summed E-state index contributed by atoms with van der Waals surface area (Å²) in [6.07, 6.45) is 0. The number of nitrogens with zero attached hydrogens (tertiary/aromatic N) is 4. The highest BCUT2D eigenvalue weighted by atomic mass is 15.4. The van der Waals surface area contributed by atoms with E-state index in [-0.39, 0.29) is 6.04 Å². The van der Waals surface area contributed by atoms with Gasteiger partial charge in [-0.1, -0.05) is 30.3 Å². The molecule has 0 amide bonds. The average Bonchev–Trinajstić information content (AvgIpc) is 2.81. The highest BCUT2D eigenvalue weighted by Gasteiger charge is 2.07. The molecule has 0 aliphatic rings. The Labute approximate surface area is 111 Å². The first-order valence-electron chi connectivity index (χ1n) is 6.24. The normalized spacial score (nSPS) is 12.5. The van der Waals surface area contributed by atoms with E-state index in [1.807, 2.05) is 37.3 Å². The molecule has 0 aliphatic carbocycles. The van der Waals surface area contributed by atoms with Gasteiger partial charge in [-0.15, -0.1) is 15.3 Å². The van der Waals surface area contributed by atoms with Crippen LogP contribution in [0.25, 0.3) is 5.65 Å². The van der Waals surface area contributed by atoms with Crippen LogP contribution in [0.3, 0.4) is 0 Å². The number of aromatic nitrogens is 4. The summed E-state index contributed by atoms with van der Waals surface area (Å²) in [5, 5.41) is 15.9. The van der Waals surface area contributed by atoms with Crippen molar-refractivity contribution in [2.24, 2.45) is 0 Å². The molecular weight excluding hydrogens is 238 g/mol. The van der Waals surface area contributed by atoms with Crippen molar-refractivity contribution in [1.82, 2.24) is 19.8 Å². The standard InChI is InChI=1S/C14H15N5/c1-10(12-6-4-3-5-7-12)15-13-8-9-14-17-16-11(2)19(14)18-13/h3-10H,1-2H3,(H,15,18). The predicted molar refractivity (Wildman–Crippen MR) is 74.0 cm³/mol. The first-order valence-corrected chi connectivity index (χ1v) is 6.24. The zero-order valence-electron chi connectivity index (χ0n) is 10.9. The second-order valence-electron chi connectivity index (χ2n) is 4.51. The molecule has 0 aliphatic heterocycles. The molecule has 5 nitrogen and oxygen atoms in total. The lowest BCUT2D eigenvalue weighted by Gasteiger charge is -2.14. The van der Waals surface area contributed by atoms with E-state index in [9.17, 15) is 0 Å². The van der Waals surface area contributed by atoms with Gasteiger partial charge in [-0.3, -0.25) is 0 Å². The third kappa shape index (κ3) is 2.27. The maximum Gasteiger partial charge on any atom is 0.178 e. The lowest BCUT2D eigenvalue weighted by molar-refractivity contribution is 0.829. The van der Waals surface area contributed by atoms with Gasteiger partial charge in [-0.05, 0) is 31.5 Å². The molecule has 1 atom stereocenters. The van der Waals surface area contributed by atoms with E-state index in [1.54, 1.807) is 4.52 Å². The Kier molecular flexibility index (Phi) is 2.87. The molecule has 1 aromatic carbocycles. The van der Waals surface area contributed by atoms with Gasteiger partial charge in [0.1, 0.15) is 5.82 Å². The number of hydrogen-bond donors (Lipinski definition) is 1. The van der Waals surface area contributed by atoms with Crippen LogP contribution in [0.2, 0.25) is 0 Å². The zero-order chi connectivity index (χ0) is 13.2. The van der Waals surface area contributed by atoms with Crippen LogP contribution in [0.1, 0.15) is 24.4 Å². The summed E-state index contributed by atoms with van der Waals surface area (Å²) >= 11 is 0. The Balaban J connectivity index is 1.87. The van der Waals surface area contributed by atoms with Crippen LogP contribution >= 0.6 is 0 Å². The van der Waals surface area contributed by atoms with E-state index in [0.717, 1.165) is 17.3 Å². The maximum atomic E-state index is 4.48. The molecule has 3 rings (SSSR count). The van der Waals surface area contributed by atoms with Crippen molar-refractivity contribution in [1.29, 1.82) is 0 Å². The number of fused-ring (bicyclic) bond motifs is 1. The lowest BCUT2D eigenvalue weighted by atomic mass is 10.1. The fourth-order valence-corrected chi connectivity index (χ4v) is 2.02. The quantitative estimate of drug-likeness (QED) is 0.779. The number of anilines is 1. The monoisotopic (exact) mass is 253 g/mol. The number of nitrogens with one attached hydrogen (secondary N) is 1. The van der Waals surface area contributed by atoms with E-state index in [1.165, 1.54) is 5.56 Å². The van der Waals surface area contributed by atoms with Crippen LogP contribution in [-0.4, -0.2) is 19.8 Å². The Morgan fingerprint density at radius 3 is 2.63 bits per heavy atom. The molecule has 2 aromatic heterocycles. The van der Waals surface area contributed by atoms with Crippen molar-refractivity contribution < 1.29 is 0 Å². The van der Waals surface area contributed by atoms with Gasteiger partial charge >= 0.3 is 0 Å². The number of aryl methyl sites for hydroxylation is 1. The minimum atomic E-state index is 0.197. The summed E-state index contributed by atoms with van der Waals surface area (Å²) in [5.41, 5.74) is 1.99. The molecule has 1 unspecified atom stereocenters. The van der Waals surface area contributed by atoms with E-state index >= 15 is 0 Å². The molecule has 3 aromatic rings. The summed E-state index contributed by atoms with van der Waals surface area (Å²) < 4.78 is 1.74. The van der Waals surface area contributed by atoms with Crippen molar-refractivity contribution >= 4 is 11.5 Å². The van der Waals surface area contributed by atoms with E-state index < -0.39 is 0 Å². The molecule has 0 radical (unpaired) electrons. The van der Waals surface area contributed by atoms with Crippen molar-refractivity contribution in [3.05, 3.63) is 53.9 Å². The maximum absolute atomic E-state index is 4.48. The largest absolute Gasteiger partial charge is 0.362 e. The van der Waals surface area contributed by atoms with Crippen LogP contribution in [0, 0.1) is 6.92 Å². The first-order chi connectivity index (χ1) is 9.24. The molecule has 5 heteroatoms. The number of benzene rings is 1. The highest BCUT2D eigenvalue weighted by molar-refractivity contribution is 5.45. The number of hydrogen-bond acceptors (Lipinski definition) is 4. The van der Waals surface area contributed by atoms with E-state index in [2.05, 4.69) is 39.7 Å². The summed E-state index contributed by atoms with van der Waals surface area (Å²) in [4.78, 5) is 0. The number of rotatable bonds is 3. The molecule has 0 spiro atoms. The fraction of sp³-hybridized carbons (Fsp3) is 0.214. The SMILES string of the molecule is Cc1nnc2ccc(NC(C)c3ccccc3)nn12.